The van der Waals surface area contributed by atoms with Gasteiger partial charge in [-0.3, -0.25) is 4.79 Å². The number of hydrogen-bond donors (Lipinski definition) is 2. The predicted molar refractivity (Wildman–Crippen MR) is 99.4 cm³/mol. The Balaban J connectivity index is 2.30. The van der Waals surface area contributed by atoms with Gasteiger partial charge in [-0.25, -0.2) is 0 Å². The fourth-order valence-corrected chi connectivity index (χ4v) is 2.94. The van der Waals surface area contributed by atoms with Crippen LogP contribution in [-0.4, -0.2) is 33.8 Å². The summed E-state index contributed by atoms with van der Waals surface area (Å²) in [4.78, 5) is 10.9. The van der Waals surface area contributed by atoms with E-state index in [1.807, 2.05) is 0 Å². The second-order valence-electron chi connectivity index (χ2n) is 6.00. The van der Waals surface area contributed by atoms with Gasteiger partial charge in [0.2, 0.25) is 0 Å². The Morgan fingerprint density at radius 2 is 1.71 bits per heavy atom. The first-order valence-electron chi connectivity index (χ1n) is 8.76. The van der Waals surface area contributed by atoms with E-state index in [2.05, 4.69) is 6.92 Å². The number of ether oxygens (including phenoxy) is 1. The smallest absolute Gasteiger partial charge is 0.185 e. The molecule has 0 heterocycles. The maximum Gasteiger partial charge on any atom is 0.185 e. The first-order chi connectivity index (χ1) is 11.5. The van der Waals surface area contributed by atoms with Gasteiger partial charge in [-0.1, -0.05) is 62.9 Å². The Bertz CT molecular complexity index is 461. The van der Waals surface area contributed by atoms with Crippen LogP contribution in [0.5, 0.6) is 5.75 Å². The molecule has 0 radical (unpaired) electrons. The Kier molecular flexibility index (Phi) is 10.8. The number of rotatable bonds is 12. The highest BCUT2D eigenvalue weighted by Gasteiger charge is 2.19. The van der Waals surface area contributed by atoms with Gasteiger partial charge in [0.15, 0.2) is 5.12 Å². The van der Waals surface area contributed by atoms with Crippen molar-refractivity contribution in [2.75, 3.05) is 12.4 Å². The topological polar surface area (TPSA) is 66.8 Å². The lowest BCUT2D eigenvalue weighted by Gasteiger charge is -2.17. The lowest BCUT2D eigenvalue weighted by molar-refractivity contribution is -0.109. The van der Waals surface area contributed by atoms with Crippen molar-refractivity contribution < 1.29 is 19.7 Å². The molecule has 0 spiro atoms. The Morgan fingerprint density at radius 1 is 1.08 bits per heavy atom. The molecule has 5 heteroatoms. The molecule has 4 nitrogen and oxygen atoms in total. The average Bonchev–Trinajstić information content (AvgIpc) is 2.58. The molecule has 0 bridgehead atoms. The van der Waals surface area contributed by atoms with Crippen molar-refractivity contribution >= 4 is 16.9 Å². The normalized spacial score (nSPS) is 13.5. The third-order valence-electron chi connectivity index (χ3n) is 3.81. The molecule has 0 aromatic heterocycles. The van der Waals surface area contributed by atoms with Crippen LogP contribution < -0.4 is 4.74 Å². The number of unbranched alkanes of at least 4 members (excludes halogenated alkanes) is 5. The molecule has 0 aliphatic heterocycles. The van der Waals surface area contributed by atoms with E-state index < -0.39 is 12.2 Å². The number of benzene rings is 1. The van der Waals surface area contributed by atoms with Gasteiger partial charge >= 0.3 is 0 Å². The molecular formula is C19H30O4S. The number of hydrogen-bond acceptors (Lipinski definition) is 5. The van der Waals surface area contributed by atoms with E-state index in [-0.39, 0.29) is 10.9 Å². The van der Waals surface area contributed by atoms with Gasteiger partial charge in [0.25, 0.3) is 0 Å². The summed E-state index contributed by atoms with van der Waals surface area (Å²) in [5.41, 5.74) is 0.624. The number of thioether (sulfide) groups is 1. The van der Waals surface area contributed by atoms with E-state index >= 15 is 0 Å². The van der Waals surface area contributed by atoms with E-state index in [4.69, 9.17) is 4.74 Å². The predicted octanol–water partition coefficient (Wildman–Crippen LogP) is 4.10. The summed E-state index contributed by atoms with van der Waals surface area (Å²) >= 11 is 1.01. The van der Waals surface area contributed by atoms with Crippen LogP contribution in [0.3, 0.4) is 0 Å². The summed E-state index contributed by atoms with van der Waals surface area (Å²) in [6.45, 7) is 4.36. The summed E-state index contributed by atoms with van der Waals surface area (Å²) < 4.78 is 5.69. The molecule has 2 N–H and O–H groups in total. The van der Waals surface area contributed by atoms with Crippen LogP contribution in [0.1, 0.15) is 64.0 Å². The van der Waals surface area contributed by atoms with Crippen molar-refractivity contribution in [1.82, 2.24) is 0 Å². The maximum atomic E-state index is 10.9. The van der Waals surface area contributed by atoms with Gasteiger partial charge in [0.1, 0.15) is 11.9 Å². The van der Waals surface area contributed by atoms with Crippen LogP contribution in [0.4, 0.5) is 0 Å². The molecule has 2 atom stereocenters. The molecular weight excluding hydrogens is 324 g/mol. The minimum Gasteiger partial charge on any atom is -0.494 e. The second-order valence-corrected chi connectivity index (χ2v) is 7.20. The highest BCUT2D eigenvalue weighted by atomic mass is 32.2. The SMILES string of the molecule is CCCCCCCCOc1ccc(C(O)C(O)CSC(C)=O)cc1. The zero-order valence-electron chi connectivity index (χ0n) is 14.7. The quantitative estimate of drug-likeness (QED) is 0.553. The Hall–Kier alpha value is -1.04. The standard InChI is InChI=1S/C19H30O4S/c1-3-4-5-6-7-8-13-23-17-11-9-16(10-12-17)19(22)18(21)14-24-15(2)20/h9-12,18-19,21-22H,3-8,13-14H2,1-2H3. The zero-order chi connectivity index (χ0) is 17.8. The van der Waals surface area contributed by atoms with Gasteiger partial charge < -0.3 is 14.9 Å². The van der Waals surface area contributed by atoms with Gasteiger partial charge in [-0.2, -0.15) is 0 Å². The third kappa shape index (κ3) is 8.71. The molecule has 24 heavy (non-hydrogen) atoms. The fourth-order valence-electron chi connectivity index (χ4n) is 2.35. The molecule has 0 aliphatic rings. The summed E-state index contributed by atoms with van der Waals surface area (Å²) in [7, 11) is 0. The molecule has 0 amide bonds. The van der Waals surface area contributed by atoms with Crippen molar-refractivity contribution in [2.45, 2.75) is 64.6 Å². The molecule has 136 valence electrons. The first-order valence-corrected chi connectivity index (χ1v) is 9.75. The summed E-state index contributed by atoms with van der Waals surface area (Å²) in [5.74, 6) is 0.958. The maximum absolute atomic E-state index is 10.9. The van der Waals surface area contributed by atoms with Crippen molar-refractivity contribution in [3.05, 3.63) is 29.8 Å². The average molecular weight is 355 g/mol. The van der Waals surface area contributed by atoms with Gasteiger partial charge in [0.05, 0.1) is 12.7 Å². The Labute approximate surface area is 149 Å². The van der Waals surface area contributed by atoms with Crippen molar-refractivity contribution in [3.8, 4) is 5.75 Å². The van der Waals surface area contributed by atoms with E-state index in [0.717, 1.165) is 23.9 Å². The second kappa shape index (κ2) is 12.3. The monoisotopic (exact) mass is 354 g/mol. The third-order valence-corrected chi connectivity index (χ3v) is 4.72. The number of carbonyl (C=O) groups is 1. The number of aliphatic hydroxyl groups is 2. The van der Waals surface area contributed by atoms with Crippen molar-refractivity contribution in [2.24, 2.45) is 0 Å². The lowest BCUT2D eigenvalue weighted by atomic mass is 10.1. The van der Waals surface area contributed by atoms with Gasteiger partial charge in [-0.05, 0) is 24.1 Å². The number of carbonyl (C=O) groups excluding carboxylic acids is 1. The molecule has 0 saturated carbocycles. The molecule has 2 unspecified atom stereocenters. The molecule has 1 aromatic rings. The summed E-state index contributed by atoms with van der Waals surface area (Å²) in [6, 6.07) is 7.12. The van der Waals surface area contributed by atoms with Gasteiger partial charge in [-0.15, -0.1) is 0 Å². The van der Waals surface area contributed by atoms with Crippen molar-refractivity contribution in [1.29, 1.82) is 0 Å². The van der Waals surface area contributed by atoms with Crippen LogP contribution in [0.2, 0.25) is 0 Å². The minimum absolute atomic E-state index is 0.0697. The number of aliphatic hydroxyl groups excluding tert-OH is 2. The highest BCUT2D eigenvalue weighted by molar-refractivity contribution is 8.13. The summed E-state index contributed by atoms with van der Waals surface area (Å²) in [5, 5.41) is 19.9. The van der Waals surface area contributed by atoms with Crippen molar-refractivity contribution in [3.63, 3.8) is 0 Å². The first kappa shape index (κ1) is 21.0. The van der Waals surface area contributed by atoms with Crippen LogP contribution >= 0.6 is 11.8 Å². The fraction of sp³-hybridized carbons (Fsp3) is 0.632. The molecule has 1 rings (SSSR count). The van der Waals surface area contributed by atoms with E-state index in [9.17, 15) is 15.0 Å². The zero-order valence-corrected chi connectivity index (χ0v) is 15.6. The van der Waals surface area contributed by atoms with E-state index in [1.165, 1.54) is 39.0 Å². The van der Waals surface area contributed by atoms with Crippen LogP contribution in [0, 0.1) is 0 Å². The molecule has 0 fully saturated rings. The van der Waals surface area contributed by atoms with E-state index in [1.54, 1.807) is 24.3 Å². The highest BCUT2D eigenvalue weighted by Crippen LogP contribution is 2.22. The van der Waals surface area contributed by atoms with Crippen LogP contribution in [0.15, 0.2) is 24.3 Å². The Morgan fingerprint density at radius 3 is 2.33 bits per heavy atom. The molecule has 0 saturated heterocycles. The largest absolute Gasteiger partial charge is 0.494 e. The van der Waals surface area contributed by atoms with Gasteiger partial charge in [0, 0.05) is 12.7 Å². The van der Waals surface area contributed by atoms with Crippen LogP contribution in [0.25, 0.3) is 0 Å². The summed E-state index contributed by atoms with van der Waals surface area (Å²) in [6.07, 6.45) is 5.41. The molecule has 0 aliphatic carbocycles. The minimum atomic E-state index is -0.996. The van der Waals surface area contributed by atoms with E-state index in [0.29, 0.717) is 12.2 Å². The van der Waals surface area contributed by atoms with Crippen LogP contribution in [-0.2, 0) is 4.79 Å². The lowest BCUT2D eigenvalue weighted by Crippen LogP contribution is -2.21. The molecule has 1 aromatic carbocycles.